The third-order valence-corrected chi connectivity index (χ3v) is 3.98. The Kier molecular flexibility index (Phi) is 3.91. The van der Waals surface area contributed by atoms with Gasteiger partial charge in [0.05, 0.1) is 23.3 Å². The van der Waals surface area contributed by atoms with Crippen molar-refractivity contribution >= 4 is 0 Å². The summed E-state index contributed by atoms with van der Waals surface area (Å²) in [7, 11) is 0. The zero-order valence-corrected chi connectivity index (χ0v) is 12.7. The lowest BCUT2D eigenvalue weighted by Gasteiger charge is -2.09. The molecule has 0 radical (unpaired) electrons. The highest BCUT2D eigenvalue weighted by Gasteiger charge is 2.06. The Morgan fingerprint density at radius 3 is 2.09 bits per heavy atom. The molecular formula is C21H14N2. The Bertz CT molecular complexity index is 939. The van der Waals surface area contributed by atoms with Crippen molar-refractivity contribution in [2.45, 2.75) is 6.92 Å². The molecule has 0 aromatic heterocycles. The zero-order chi connectivity index (χ0) is 16.2. The Hall–Kier alpha value is -3.36. The lowest BCUT2D eigenvalue weighted by molar-refractivity contribution is 1.39. The van der Waals surface area contributed by atoms with E-state index in [1.54, 1.807) is 6.07 Å². The van der Waals surface area contributed by atoms with Crippen molar-refractivity contribution in [1.29, 1.82) is 10.5 Å². The molecule has 0 spiro atoms. The van der Waals surface area contributed by atoms with E-state index < -0.39 is 0 Å². The molecule has 0 saturated heterocycles. The molecule has 108 valence electrons. The van der Waals surface area contributed by atoms with Crippen LogP contribution in [0.5, 0.6) is 0 Å². The number of benzene rings is 3. The van der Waals surface area contributed by atoms with Crippen molar-refractivity contribution in [1.82, 2.24) is 0 Å². The van der Waals surface area contributed by atoms with Gasteiger partial charge in [0.2, 0.25) is 0 Å². The number of nitrogens with zero attached hydrogens (tertiary/aromatic N) is 2. The molecule has 2 nitrogen and oxygen atoms in total. The number of nitriles is 2. The summed E-state index contributed by atoms with van der Waals surface area (Å²) < 4.78 is 0. The first-order chi connectivity index (χ1) is 11.2. The maximum absolute atomic E-state index is 9.16. The van der Waals surface area contributed by atoms with Crippen LogP contribution < -0.4 is 0 Å². The zero-order valence-electron chi connectivity index (χ0n) is 12.7. The van der Waals surface area contributed by atoms with Gasteiger partial charge in [-0.25, -0.2) is 0 Å². The maximum atomic E-state index is 9.16. The summed E-state index contributed by atoms with van der Waals surface area (Å²) in [5.74, 6) is 0. The summed E-state index contributed by atoms with van der Waals surface area (Å²) in [6, 6.07) is 25.9. The van der Waals surface area contributed by atoms with Crippen LogP contribution in [0.3, 0.4) is 0 Å². The largest absolute Gasteiger partial charge is 0.192 e. The van der Waals surface area contributed by atoms with Gasteiger partial charge in [0.25, 0.3) is 0 Å². The topological polar surface area (TPSA) is 47.6 Å². The van der Waals surface area contributed by atoms with Crippen LogP contribution in [0.4, 0.5) is 0 Å². The average molecular weight is 294 g/mol. The van der Waals surface area contributed by atoms with Gasteiger partial charge in [0.1, 0.15) is 0 Å². The molecule has 2 heteroatoms. The van der Waals surface area contributed by atoms with Gasteiger partial charge in [-0.05, 0) is 52.9 Å². The van der Waals surface area contributed by atoms with Crippen molar-refractivity contribution in [2.24, 2.45) is 0 Å². The van der Waals surface area contributed by atoms with E-state index in [1.807, 2.05) is 55.5 Å². The number of hydrogen-bond donors (Lipinski definition) is 0. The summed E-state index contributed by atoms with van der Waals surface area (Å²) in [5, 5.41) is 18.2. The summed E-state index contributed by atoms with van der Waals surface area (Å²) in [5.41, 5.74) is 6.60. The van der Waals surface area contributed by atoms with Gasteiger partial charge in [0, 0.05) is 0 Å². The molecule has 0 unspecified atom stereocenters. The van der Waals surface area contributed by atoms with Gasteiger partial charge in [0.15, 0.2) is 0 Å². The average Bonchev–Trinajstić information content (AvgIpc) is 2.62. The highest BCUT2D eigenvalue weighted by Crippen LogP contribution is 2.28. The second kappa shape index (κ2) is 6.18. The lowest BCUT2D eigenvalue weighted by atomic mass is 9.95. The van der Waals surface area contributed by atoms with Crippen molar-refractivity contribution in [3.63, 3.8) is 0 Å². The van der Waals surface area contributed by atoms with Gasteiger partial charge in [-0.3, -0.25) is 0 Å². The first-order valence-electron chi connectivity index (χ1n) is 7.33. The van der Waals surface area contributed by atoms with E-state index in [-0.39, 0.29) is 0 Å². The van der Waals surface area contributed by atoms with Gasteiger partial charge in [-0.1, -0.05) is 48.5 Å². The Morgan fingerprint density at radius 1 is 0.696 bits per heavy atom. The van der Waals surface area contributed by atoms with Crippen LogP contribution in [-0.4, -0.2) is 0 Å². The molecule has 0 saturated carbocycles. The molecule has 0 aliphatic carbocycles. The molecule has 3 aromatic carbocycles. The van der Waals surface area contributed by atoms with Crippen LogP contribution in [0.2, 0.25) is 0 Å². The second-order valence-electron chi connectivity index (χ2n) is 5.36. The molecule has 0 aliphatic heterocycles. The molecule has 0 atom stereocenters. The molecule has 0 N–H and O–H groups in total. The van der Waals surface area contributed by atoms with E-state index in [1.165, 1.54) is 0 Å². The summed E-state index contributed by atoms with van der Waals surface area (Å²) >= 11 is 0. The van der Waals surface area contributed by atoms with Crippen LogP contribution in [0.15, 0.2) is 66.7 Å². The van der Waals surface area contributed by atoms with Gasteiger partial charge < -0.3 is 0 Å². The normalized spacial score (nSPS) is 9.87. The smallest absolute Gasteiger partial charge is 0.0994 e. The predicted molar refractivity (Wildman–Crippen MR) is 91.5 cm³/mol. The minimum atomic E-state index is 0.657. The third kappa shape index (κ3) is 2.84. The minimum absolute atomic E-state index is 0.657. The molecule has 0 amide bonds. The predicted octanol–water partition coefficient (Wildman–Crippen LogP) is 5.07. The summed E-state index contributed by atoms with van der Waals surface area (Å²) in [6.07, 6.45) is 0. The summed E-state index contributed by atoms with van der Waals surface area (Å²) in [6.45, 7) is 1.97. The fourth-order valence-corrected chi connectivity index (χ4v) is 2.68. The molecule has 23 heavy (non-hydrogen) atoms. The van der Waals surface area contributed by atoms with Crippen molar-refractivity contribution in [2.75, 3.05) is 0 Å². The van der Waals surface area contributed by atoms with Gasteiger partial charge >= 0.3 is 0 Å². The van der Waals surface area contributed by atoms with E-state index in [9.17, 15) is 0 Å². The molecule has 0 bridgehead atoms. The first-order valence-corrected chi connectivity index (χ1v) is 7.33. The maximum Gasteiger partial charge on any atom is 0.0994 e. The number of rotatable bonds is 2. The van der Waals surface area contributed by atoms with E-state index in [0.29, 0.717) is 11.1 Å². The SMILES string of the molecule is Cc1c(C#N)cccc1-c1ccc(-c2cccc(C#N)c2)cc1. The van der Waals surface area contributed by atoms with Crippen LogP contribution in [0, 0.1) is 29.6 Å². The summed E-state index contributed by atoms with van der Waals surface area (Å²) in [4.78, 5) is 0. The molecule has 3 aromatic rings. The molecular weight excluding hydrogens is 280 g/mol. The Labute approximate surface area is 135 Å². The molecule has 0 aliphatic rings. The quantitative estimate of drug-likeness (QED) is 0.662. The van der Waals surface area contributed by atoms with Crippen LogP contribution in [-0.2, 0) is 0 Å². The minimum Gasteiger partial charge on any atom is -0.192 e. The third-order valence-electron chi connectivity index (χ3n) is 3.98. The number of hydrogen-bond acceptors (Lipinski definition) is 2. The van der Waals surface area contributed by atoms with Gasteiger partial charge in [-0.15, -0.1) is 0 Å². The van der Waals surface area contributed by atoms with Crippen LogP contribution in [0.1, 0.15) is 16.7 Å². The molecule has 0 fully saturated rings. The lowest BCUT2D eigenvalue weighted by Crippen LogP contribution is -1.88. The molecule has 0 heterocycles. The van der Waals surface area contributed by atoms with E-state index in [2.05, 4.69) is 24.3 Å². The van der Waals surface area contributed by atoms with E-state index in [4.69, 9.17) is 10.5 Å². The van der Waals surface area contributed by atoms with Crippen molar-refractivity contribution < 1.29 is 0 Å². The van der Waals surface area contributed by atoms with E-state index >= 15 is 0 Å². The van der Waals surface area contributed by atoms with Crippen molar-refractivity contribution in [3.05, 3.63) is 83.4 Å². The van der Waals surface area contributed by atoms with Crippen LogP contribution in [0.25, 0.3) is 22.3 Å². The second-order valence-corrected chi connectivity index (χ2v) is 5.36. The van der Waals surface area contributed by atoms with Crippen LogP contribution >= 0.6 is 0 Å². The van der Waals surface area contributed by atoms with Crippen molar-refractivity contribution in [3.8, 4) is 34.4 Å². The van der Waals surface area contributed by atoms with Gasteiger partial charge in [-0.2, -0.15) is 10.5 Å². The Balaban J connectivity index is 2.00. The fourth-order valence-electron chi connectivity index (χ4n) is 2.68. The molecule has 3 rings (SSSR count). The standard InChI is InChI=1S/C21H14N2/c1-15-20(14-23)6-3-7-21(15)18-10-8-17(9-11-18)19-5-2-4-16(12-19)13-22/h2-12H,1H3. The fraction of sp³-hybridized carbons (Fsp3) is 0.0476. The Morgan fingerprint density at radius 2 is 1.39 bits per heavy atom. The highest BCUT2D eigenvalue weighted by molar-refractivity contribution is 5.74. The highest BCUT2D eigenvalue weighted by atomic mass is 14.2. The monoisotopic (exact) mass is 294 g/mol. The van der Waals surface area contributed by atoms with E-state index in [0.717, 1.165) is 27.8 Å². The first kappa shape index (κ1) is 14.6.